The molecular weight excluding hydrogens is 236 g/mol. The number of halogens is 1. The van der Waals surface area contributed by atoms with Crippen LogP contribution in [0.3, 0.4) is 0 Å². The molecule has 0 aliphatic rings. The van der Waals surface area contributed by atoms with Crippen LogP contribution in [0.25, 0.3) is 0 Å². The Morgan fingerprint density at radius 3 is 2.50 bits per heavy atom. The Labute approximate surface area is 96.5 Å². The molecular formula is C10H11ClO5. The Kier molecular flexibility index (Phi) is 4.26. The second kappa shape index (κ2) is 5.27. The number of aldehydes is 1. The van der Waals surface area contributed by atoms with Crippen molar-refractivity contribution < 1.29 is 25.2 Å². The van der Waals surface area contributed by atoms with Gasteiger partial charge in [-0.3, -0.25) is 4.79 Å². The highest BCUT2D eigenvalue weighted by Gasteiger charge is 2.22. The van der Waals surface area contributed by atoms with Crippen LogP contribution in [0.2, 0.25) is 5.02 Å². The third kappa shape index (κ3) is 2.51. The van der Waals surface area contributed by atoms with E-state index in [4.69, 9.17) is 16.7 Å². The Morgan fingerprint density at radius 1 is 1.38 bits per heavy atom. The number of hydrogen-bond acceptors (Lipinski definition) is 5. The molecule has 88 valence electrons. The van der Waals surface area contributed by atoms with E-state index in [9.17, 15) is 20.1 Å². The Balaban J connectivity index is 3.22. The van der Waals surface area contributed by atoms with Crippen molar-refractivity contribution >= 4 is 17.9 Å². The first kappa shape index (κ1) is 12.9. The summed E-state index contributed by atoms with van der Waals surface area (Å²) in [6.07, 6.45) is -2.59. The van der Waals surface area contributed by atoms with E-state index < -0.39 is 24.6 Å². The minimum atomic E-state index is -1.51. The van der Waals surface area contributed by atoms with Gasteiger partial charge in [-0.1, -0.05) is 11.6 Å². The van der Waals surface area contributed by atoms with Gasteiger partial charge in [0.1, 0.15) is 18.0 Å². The van der Waals surface area contributed by atoms with Gasteiger partial charge < -0.3 is 20.4 Å². The van der Waals surface area contributed by atoms with Crippen LogP contribution in [-0.2, 0) is 0 Å². The lowest BCUT2D eigenvalue weighted by molar-refractivity contribution is -0.0162. The summed E-state index contributed by atoms with van der Waals surface area (Å²) in [5.74, 6) is -0.459. The van der Waals surface area contributed by atoms with E-state index in [2.05, 4.69) is 0 Å². The maximum atomic E-state index is 10.6. The predicted octanol–water partition coefficient (Wildman–Crippen LogP) is 0.245. The number of carbonyl (C=O) groups is 1. The molecule has 2 unspecified atom stereocenters. The van der Waals surface area contributed by atoms with Crippen molar-refractivity contribution in [2.75, 3.05) is 6.61 Å². The number of hydrogen-bond donors (Lipinski definition) is 4. The van der Waals surface area contributed by atoms with Gasteiger partial charge in [-0.15, -0.1) is 0 Å². The van der Waals surface area contributed by atoms with Gasteiger partial charge in [-0.25, -0.2) is 0 Å². The van der Waals surface area contributed by atoms with E-state index in [1.165, 1.54) is 12.1 Å². The van der Waals surface area contributed by atoms with E-state index >= 15 is 0 Å². The lowest BCUT2D eigenvalue weighted by Gasteiger charge is -2.18. The molecule has 0 radical (unpaired) electrons. The molecule has 0 spiro atoms. The van der Waals surface area contributed by atoms with Crippen LogP contribution >= 0.6 is 11.6 Å². The maximum absolute atomic E-state index is 10.6. The van der Waals surface area contributed by atoms with E-state index in [0.717, 1.165) is 0 Å². The van der Waals surface area contributed by atoms with Crippen LogP contribution in [0.15, 0.2) is 12.1 Å². The molecule has 0 saturated carbocycles. The van der Waals surface area contributed by atoms with Crippen molar-refractivity contribution in [3.8, 4) is 5.75 Å². The van der Waals surface area contributed by atoms with Gasteiger partial charge in [-0.2, -0.15) is 0 Å². The fraction of sp³-hybridized carbons (Fsp3) is 0.300. The first-order chi connectivity index (χ1) is 7.51. The van der Waals surface area contributed by atoms with Crippen molar-refractivity contribution in [1.29, 1.82) is 0 Å². The average Bonchev–Trinajstić information content (AvgIpc) is 2.29. The van der Waals surface area contributed by atoms with Gasteiger partial charge in [0, 0.05) is 10.6 Å². The Bertz CT molecular complexity index is 393. The topological polar surface area (TPSA) is 98.0 Å². The maximum Gasteiger partial charge on any atom is 0.153 e. The molecule has 0 aromatic heterocycles. The summed E-state index contributed by atoms with van der Waals surface area (Å²) in [5.41, 5.74) is -0.192. The monoisotopic (exact) mass is 246 g/mol. The van der Waals surface area contributed by atoms with E-state index in [1.54, 1.807) is 0 Å². The van der Waals surface area contributed by atoms with Crippen molar-refractivity contribution in [3.05, 3.63) is 28.3 Å². The van der Waals surface area contributed by atoms with Crippen LogP contribution in [0.5, 0.6) is 5.75 Å². The molecule has 0 aliphatic heterocycles. The van der Waals surface area contributed by atoms with Crippen LogP contribution in [-0.4, -0.2) is 39.4 Å². The van der Waals surface area contributed by atoms with Crippen LogP contribution in [0, 0.1) is 0 Å². The van der Waals surface area contributed by atoms with Crippen molar-refractivity contribution in [1.82, 2.24) is 0 Å². The fourth-order valence-electron chi connectivity index (χ4n) is 1.26. The third-order valence-corrected chi connectivity index (χ3v) is 2.35. The average molecular weight is 247 g/mol. The summed E-state index contributed by atoms with van der Waals surface area (Å²) in [6, 6.07) is 2.44. The minimum absolute atomic E-state index is 0.0910. The molecule has 0 saturated heterocycles. The van der Waals surface area contributed by atoms with E-state index in [0.29, 0.717) is 6.29 Å². The molecule has 0 heterocycles. The quantitative estimate of drug-likeness (QED) is 0.571. The van der Waals surface area contributed by atoms with E-state index in [1.807, 2.05) is 0 Å². The molecule has 16 heavy (non-hydrogen) atoms. The first-order valence-corrected chi connectivity index (χ1v) is 4.83. The van der Waals surface area contributed by atoms with Gasteiger partial charge in [0.05, 0.1) is 12.2 Å². The lowest BCUT2D eigenvalue weighted by Crippen LogP contribution is -2.22. The summed E-state index contributed by atoms with van der Waals surface area (Å²) in [5, 5.41) is 37.2. The molecule has 6 heteroatoms. The largest absolute Gasteiger partial charge is 0.507 e. The molecule has 0 fully saturated rings. The molecule has 4 N–H and O–H groups in total. The predicted molar refractivity (Wildman–Crippen MR) is 56.6 cm³/mol. The summed E-state index contributed by atoms with van der Waals surface area (Å²) in [7, 11) is 0. The van der Waals surface area contributed by atoms with Gasteiger partial charge in [-0.05, 0) is 12.1 Å². The molecule has 0 bridgehead atoms. The summed E-state index contributed by atoms with van der Waals surface area (Å²) in [4.78, 5) is 10.6. The molecule has 1 aromatic carbocycles. The molecule has 0 aliphatic carbocycles. The Hall–Kier alpha value is -1.14. The number of rotatable bonds is 4. The molecule has 1 rings (SSSR count). The molecule has 0 amide bonds. The van der Waals surface area contributed by atoms with Crippen LogP contribution < -0.4 is 0 Å². The zero-order valence-electron chi connectivity index (χ0n) is 8.17. The SMILES string of the molecule is O=Cc1cc(Cl)cc(C(O)C(O)CO)c1O. The zero-order valence-corrected chi connectivity index (χ0v) is 8.92. The lowest BCUT2D eigenvalue weighted by atomic mass is 10.0. The molecule has 1 aromatic rings. The standard InChI is InChI=1S/C10H11ClO5/c11-6-1-5(3-12)9(15)7(2-6)10(16)8(14)4-13/h1-3,8,10,13-16H,4H2. The first-order valence-electron chi connectivity index (χ1n) is 4.45. The Morgan fingerprint density at radius 2 is 2.00 bits per heavy atom. The van der Waals surface area contributed by atoms with E-state index in [-0.39, 0.29) is 16.1 Å². The van der Waals surface area contributed by atoms with Crippen LogP contribution in [0.4, 0.5) is 0 Å². The summed E-state index contributed by atoms with van der Waals surface area (Å²) < 4.78 is 0. The van der Waals surface area contributed by atoms with Gasteiger partial charge in [0.25, 0.3) is 0 Å². The number of benzene rings is 1. The van der Waals surface area contributed by atoms with Gasteiger partial charge >= 0.3 is 0 Å². The zero-order chi connectivity index (χ0) is 12.3. The number of aliphatic hydroxyl groups excluding tert-OH is 3. The molecule has 5 nitrogen and oxygen atoms in total. The highest BCUT2D eigenvalue weighted by atomic mass is 35.5. The van der Waals surface area contributed by atoms with Crippen LogP contribution in [0.1, 0.15) is 22.0 Å². The second-order valence-electron chi connectivity index (χ2n) is 3.25. The number of aliphatic hydroxyl groups is 3. The molecule has 2 atom stereocenters. The van der Waals surface area contributed by atoms with Gasteiger partial charge in [0.2, 0.25) is 0 Å². The normalized spacial score (nSPS) is 14.5. The number of phenols is 1. The van der Waals surface area contributed by atoms with Crippen molar-refractivity contribution in [2.24, 2.45) is 0 Å². The third-order valence-electron chi connectivity index (χ3n) is 2.13. The number of aromatic hydroxyl groups is 1. The highest BCUT2D eigenvalue weighted by molar-refractivity contribution is 6.31. The van der Waals surface area contributed by atoms with Crippen molar-refractivity contribution in [2.45, 2.75) is 12.2 Å². The second-order valence-corrected chi connectivity index (χ2v) is 3.68. The highest BCUT2D eigenvalue weighted by Crippen LogP contribution is 2.32. The van der Waals surface area contributed by atoms with Gasteiger partial charge in [0.15, 0.2) is 6.29 Å². The fourth-order valence-corrected chi connectivity index (χ4v) is 1.50. The van der Waals surface area contributed by atoms with Crippen molar-refractivity contribution in [3.63, 3.8) is 0 Å². The summed E-state index contributed by atoms with van der Waals surface area (Å²) in [6.45, 7) is -0.677. The minimum Gasteiger partial charge on any atom is -0.507 e. The number of carbonyl (C=O) groups excluding carboxylic acids is 1. The summed E-state index contributed by atoms with van der Waals surface area (Å²) >= 11 is 5.67. The number of phenolic OH excluding ortho intramolecular Hbond substituents is 1. The smallest absolute Gasteiger partial charge is 0.153 e.